The Morgan fingerprint density at radius 3 is 2.43 bits per heavy atom. The second kappa shape index (κ2) is 11.4. The summed E-state index contributed by atoms with van der Waals surface area (Å²) in [6, 6.07) is -0.156. The first-order valence-electron chi connectivity index (χ1n) is 7.72. The third-order valence-electron chi connectivity index (χ3n) is 3.19. The van der Waals surface area contributed by atoms with E-state index in [0.717, 1.165) is 6.42 Å². The highest BCUT2D eigenvalue weighted by molar-refractivity contribution is 5.74. The van der Waals surface area contributed by atoms with E-state index < -0.39 is 5.97 Å². The van der Waals surface area contributed by atoms with E-state index in [-0.39, 0.29) is 18.4 Å². The predicted octanol–water partition coefficient (Wildman–Crippen LogP) is 2.19. The maximum Gasteiger partial charge on any atom is 0.317 e. The SMILES string of the molecule is CCOCCN(CC)C(=O)NCC(CC(=O)O)CC(C)C. The normalized spacial score (nSPS) is 12.2. The summed E-state index contributed by atoms with van der Waals surface area (Å²) in [5, 5.41) is 11.8. The number of hydrogen-bond donors (Lipinski definition) is 2. The molecular formula is C15H30N2O4. The molecule has 0 spiro atoms. The molecule has 0 aliphatic heterocycles. The van der Waals surface area contributed by atoms with Gasteiger partial charge < -0.3 is 20.1 Å². The van der Waals surface area contributed by atoms with Gasteiger partial charge in [0.2, 0.25) is 0 Å². The molecule has 0 saturated carbocycles. The van der Waals surface area contributed by atoms with Crippen LogP contribution in [0.4, 0.5) is 4.79 Å². The van der Waals surface area contributed by atoms with Gasteiger partial charge in [0.25, 0.3) is 0 Å². The number of carbonyl (C=O) groups is 2. The Morgan fingerprint density at radius 2 is 1.95 bits per heavy atom. The molecule has 1 atom stereocenters. The summed E-state index contributed by atoms with van der Waals surface area (Å²) in [4.78, 5) is 24.6. The minimum Gasteiger partial charge on any atom is -0.481 e. The quantitative estimate of drug-likeness (QED) is 0.573. The summed E-state index contributed by atoms with van der Waals surface area (Å²) in [6.07, 6.45) is 0.876. The zero-order chi connectivity index (χ0) is 16.3. The fraction of sp³-hybridized carbons (Fsp3) is 0.867. The number of carbonyl (C=O) groups excluding carboxylic acids is 1. The molecule has 0 bridgehead atoms. The molecule has 0 aromatic rings. The number of ether oxygens (including phenoxy) is 1. The van der Waals surface area contributed by atoms with Crippen molar-refractivity contribution >= 4 is 12.0 Å². The van der Waals surface area contributed by atoms with Crippen molar-refractivity contribution in [2.24, 2.45) is 11.8 Å². The zero-order valence-corrected chi connectivity index (χ0v) is 13.7. The minimum absolute atomic E-state index is 0.0305. The molecule has 0 radical (unpaired) electrons. The molecule has 0 aromatic heterocycles. The van der Waals surface area contributed by atoms with Gasteiger partial charge in [0, 0.05) is 32.7 Å². The van der Waals surface area contributed by atoms with Crippen LogP contribution < -0.4 is 5.32 Å². The molecular weight excluding hydrogens is 272 g/mol. The number of carboxylic acid groups (broad SMARTS) is 1. The Bertz CT molecular complexity index is 308. The Morgan fingerprint density at radius 1 is 1.29 bits per heavy atom. The summed E-state index contributed by atoms with van der Waals surface area (Å²) in [5.74, 6) is -0.442. The van der Waals surface area contributed by atoms with Crippen LogP contribution in [0, 0.1) is 11.8 Å². The lowest BCUT2D eigenvalue weighted by molar-refractivity contribution is -0.138. The van der Waals surface area contributed by atoms with Gasteiger partial charge in [-0.1, -0.05) is 13.8 Å². The van der Waals surface area contributed by atoms with E-state index in [9.17, 15) is 9.59 Å². The standard InChI is InChI=1S/C15H30N2O4/c1-5-17(7-8-21-6-2)15(20)16-11-13(9-12(3)4)10-14(18)19/h12-13H,5-11H2,1-4H3,(H,16,20)(H,18,19). The van der Waals surface area contributed by atoms with E-state index in [2.05, 4.69) is 19.2 Å². The first kappa shape index (κ1) is 19.7. The molecule has 2 amide bonds. The van der Waals surface area contributed by atoms with Crippen LogP contribution in [-0.4, -0.2) is 54.9 Å². The number of nitrogens with one attached hydrogen (secondary N) is 1. The van der Waals surface area contributed by atoms with E-state index in [0.29, 0.717) is 38.8 Å². The van der Waals surface area contributed by atoms with Crippen molar-refractivity contribution in [1.29, 1.82) is 0 Å². The van der Waals surface area contributed by atoms with E-state index in [1.165, 1.54) is 0 Å². The first-order chi connectivity index (χ1) is 9.90. The highest BCUT2D eigenvalue weighted by Crippen LogP contribution is 2.14. The average molecular weight is 302 g/mol. The Hall–Kier alpha value is -1.30. The lowest BCUT2D eigenvalue weighted by atomic mass is 9.94. The van der Waals surface area contributed by atoms with Gasteiger partial charge in [-0.15, -0.1) is 0 Å². The molecule has 0 aliphatic rings. The van der Waals surface area contributed by atoms with Crippen LogP contribution in [0.1, 0.15) is 40.5 Å². The Labute approximate surface area is 127 Å². The van der Waals surface area contributed by atoms with Crippen molar-refractivity contribution in [1.82, 2.24) is 10.2 Å². The molecule has 6 heteroatoms. The molecule has 0 rings (SSSR count). The van der Waals surface area contributed by atoms with Gasteiger partial charge in [0.1, 0.15) is 0 Å². The van der Waals surface area contributed by atoms with Gasteiger partial charge >= 0.3 is 12.0 Å². The number of likely N-dealkylation sites (N-methyl/N-ethyl adjacent to an activating group) is 1. The van der Waals surface area contributed by atoms with Crippen molar-refractivity contribution in [2.75, 3.05) is 32.8 Å². The number of hydrogen-bond acceptors (Lipinski definition) is 3. The lowest BCUT2D eigenvalue weighted by Gasteiger charge is -2.23. The van der Waals surface area contributed by atoms with Crippen LogP contribution in [0.25, 0.3) is 0 Å². The molecule has 1 unspecified atom stereocenters. The van der Waals surface area contributed by atoms with Crippen molar-refractivity contribution < 1.29 is 19.4 Å². The predicted molar refractivity (Wildman–Crippen MR) is 82.3 cm³/mol. The highest BCUT2D eigenvalue weighted by atomic mass is 16.5. The van der Waals surface area contributed by atoms with Gasteiger partial charge in [0.05, 0.1) is 6.61 Å². The molecule has 0 fully saturated rings. The van der Waals surface area contributed by atoms with Gasteiger partial charge in [0.15, 0.2) is 0 Å². The summed E-state index contributed by atoms with van der Waals surface area (Å²) in [7, 11) is 0. The van der Waals surface area contributed by atoms with E-state index in [1.54, 1.807) is 4.90 Å². The van der Waals surface area contributed by atoms with Crippen LogP contribution in [-0.2, 0) is 9.53 Å². The van der Waals surface area contributed by atoms with Gasteiger partial charge in [-0.2, -0.15) is 0 Å². The molecule has 0 aromatic carbocycles. The number of carboxylic acids is 1. The van der Waals surface area contributed by atoms with E-state index in [4.69, 9.17) is 9.84 Å². The summed E-state index contributed by atoms with van der Waals surface area (Å²) in [6.45, 7) is 10.6. The molecule has 0 aliphatic carbocycles. The van der Waals surface area contributed by atoms with Crippen LogP contribution >= 0.6 is 0 Å². The Balaban J connectivity index is 4.27. The Kier molecular flexibility index (Phi) is 10.7. The van der Waals surface area contributed by atoms with Crippen molar-refractivity contribution in [2.45, 2.75) is 40.5 Å². The lowest BCUT2D eigenvalue weighted by Crippen LogP contribution is -2.43. The number of nitrogens with zero attached hydrogens (tertiary/aromatic N) is 1. The number of aliphatic carboxylic acids is 1. The summed E-state index contributed by atoms with van der Waals surface area (Å²) >= 11 is 0. The van der Waals surface area contributed by atoms with E-state index >= 15 is 0 Å². The summed E-state index contributed by atoms with van der Waals surface area (Å²) in [5.41, 5.74) is 0. The largest absolute Gasteiger partial charge is 0.481 e. The minimum atomic E-state index is -0.821. The maximum atomic E-state index is 12.1. The van der Waals surface area contributed by atoms with Crippen molar-refractivity contribution in [3.63, 3.8) is 0 Å². The molecule has 124 valence electrons. The van der Waals surface area contributed by atoms with Gasteiger partial charge in [-0.05, 0) is 32.1 Å². The zero-order valence-electron chi connectivity index (χ0n) is 13.7. The van der Waals surface area contributed by atoms with Crippen molar-refractivity contribution in [3.8, 4) is 0 Å². The van der Waals surface area contributed by atoms with Crippen LogP contribution in [0.15, 0.2) is 0 Å². The smallest absolute Gasteiger partial charge is 0.317 e. The van der Waals surface area contributed by atoms with E-state index in [1.807, 2.05) is 13.8 Å². The average Bonchev–Trinajstić information content (AvgIpc) is 2.39. The molecule has 6 nitrogen and oxygen atoms in total. The van der Waals surface area contributed by atoms with Crippen LogP contribution in [0.5, 0.6) is 0 Å². The third-order valence-corrected chi connectivity index (χ3v) is 3.19. The monoisotopic (exact) mass is 302 g/mol. The first-order valence-corrected chi connectivity index (χ1v) is 7.72. The molecule has 0 heterocycles. The molecule has 2 N–H and O–H groups in total. The van der Waals surface area contributed by atoms with Gasteiger partial charge in [-0.25, -0.2) is 4.79 Å². The molecule has 0 saturated heterocycles. The fourth-order valence-electron chi connectivity index (χ4n) is 2.22. The summed E-state index contributed by atoms with van der Waals surface area (Å²) < 4.78 is 5.25. The van der Waals surface area contributed by atoms with Crippen LogP contribution in [0.3, 0.4) is 0 Å². The second-order valence-electron chi connectivity index (χ2n) is 5.56. The maximum absolute atomic E-state index is 12.1. The topological polar surface area (TPSA) is 78.9 Å². The van der Waals surface area contributed by atoms with Crippen LogP contribution in [0.2, 0.25) is 0 Å². The number of urea groups is 1. The van der Waals surface area contributed by atoms with Gasteiger partial charge in [-0.3, -0.25) is 4.79 Å². The fourth-order valence-corrected chi connectivity index (χ4v) is 2.22. The highest BCUT2D eigenvalue weighted by Gasteiger charge is 2.18. The second-order valence-corrected chi connectivity index (χ2v) is 5.56. The number of rotatable bonds is 11. The number of amides is 2. The third kappa shape index (κ3) is 10.1. The van der Waals surface area contributed by atoms with Crippen molar-refractivity contribution in [3.05, 3.63) is 0 Å². The molecule has 21 heavy (non-hydrogen) atoms.